The van der Waals surface area contributed by atoms with Crippen LogP contribution < -0.4 is 0 Å². The molecule has 1 unspecified atom stereocenters. The van der Waals surface area contributed by atoms with Crippen LogP contribution >= 0.6 is 23.2 Å². The van der Waals surface area contributed by atoms with Crippen molar-refractivity contribution in [1.29, 1.82) is 0 Å². The number of ether oxygens (including phenoxy) is 1. The van der Waals surface area contributed by atoms with Crippen LogP contribution in [0.5, 0.6) is 0 Å². The predicted molar refractivity (Wildman–Crippen MR) is 69.7 cm³/mol. The Hall–Kier alpha value is -0.280. The minimum Gasteiger partial charge on any atom is -0.392 e. The van der Waals surface area contributed by atoms with Crippen LogP contribution in [-0.2, 0) is 11.2 Å². The van der Waals surface area contributed by atoms with Crippen molar-refractivity contribution in [3.63, 3.8) is 0 Å². The van der Waals surface area contributed by atoms with Gasteiger partial charge in [0.25, 0.3) is 0 Å². The van der Waals surface area contributed by atoms with Crippen molar-refractivity contribution in [2.24, 2.45) is 5.92 Å². The van der Waals surface area contributed by atoms with E-state index in [1.54, 1.807) is 6.07 Å². The van der Waals surface area contributed by atoms with Gasteiger partial charge in [0.15, 0.2) is 0 Å². The number of aliphatic hydroxyl groups excluding tert-OH is 1. The lowest BCUT2D eigenvalue weighted by Crippen LogP contribution is -2.29. The molecule has 94 valence electrons. The molecule has 1 aliphatic heterocycles. The third-order valence-electron chi connectivity index (χ3n) is 3.27. The molecule has 1 aromatic carbocycles. The SMILES string of the molecule is OC(Cc1cccc(Cl)c1Cl)C1CCOCC1. The number of hydrogen-bond acceptors (Lipinski definition) is 2. The Morgan fingerprint density at radius 3 is 2.71 bits per heavy atom. The van der Waals surface area contributed by atoms with Gasteiger partial charge < -0.3 is 9.84 Å². The number of hydrogen-bond donors (Lipinski definition) is 1. The summed E-state index contributed by atoms with van der Waals surface area (Å²) in [6, 6.07) is 5.53. The van der Waals surface area contributed by atoms with Crippen LogP contribution in [0.2, 0.25) is 10.0 Å². The molecule has 17 heavy (non-hydrogen) atoms. The lowest BCUT2D eigenvalue weighted by Gasteiger charge is -2.27. The Morgan fingerprint density at radius 2 is 2.00 bits per heavy atom. The molecule has 2 rings (SSSR count). The van der Waals surface area contributed by atoms with Crippen LogP contribution in [0.1, 0.15) is 18.4 Å². The topological polar surface area (TPSA) is 29.5 Å². The van der Waals surface area contributed by atoms with E-state index >= 15 is 0 Å². The first-order valence-electron chi connectivity index (χ1n) is 5.87. The molecule has 1 aliphatic rings. The van der Waals surface area contributed by atoms with Crippen LogP contribution in [0.4, 0.5) is 0 Å². The smallest absolute Gasteiger partial charge is 0.0625 e. The van der Waals surface area contributed by atoms with Gasteiger partial charge in [-0.2, -0.15) is 0 Å². The molecule has 0 saturated carbocycles. The van der Waals surface area contributed by atoms with E-state index in [1.165, 1.54) is 0 Å². The summed E-state index contributed by atoms with van der Waals surface area (Å²) >= 11 is 12.1. The highest BCUT2D eigenvalue weighted by molar-refractivity contribution is 6.42. The Balaban J connectivity index is 2.01. The third-order valence-corrected chi connectivity index (χ3v) is 4.13. The molecule has 4 heteroatoms. The molecular weight excluding hydrogens is 259 g/mol. The fraction of sp³-hybridized carbons (Fsp3) is 0.538. The third kappa shape index (κ3) is 3.35. The average molecular weight is 275 g/mol. The quantitative estimate of drug-likeness (QED) is 0.916. The van der Waals surface area contributed by atoms with Gasteiger partial charge in [0.1, 0.15) is 0 Å². The zero-order valence-electron chi connectivity index (χ0n) is 9.53. The Labute approximate surface area is 111 Å². The minimum atomic E-state index is -0.366. The van der Waals surface area contributed by atoms with Gasteiger partial charge in [-0.3, -0.25) is 0 Å². The molecule has 1 fully saturated rings. The molecular formula is C13H16Cl2O2. The van der Waals surface area contributed by atoms with E-state index in [0.717, 1.165) is 31.6 Å². The summed E-state index contributed by atoms with van der Waals surface area (Å²) in [6.07, 6.45) is 2.03. The average Bonchev–Trinajstić information content (AvgIpc) is 2.36. The van der Waals surface area contributed by atoms with Gasteiger partial charge in [0.2, 0.25) is 0 Å². The second kappa shape index (κ2) is 6.05. The molecule has 0 radical (unpaired) electrons. The normalized spacial score (nSPS) is 19.2. The highest BCUT2D eigenvalue weighted by Gasteiger charge is 2.23. The summed E-state index contributed by atoms with van der Waals surface area (Å²) in [6.45, 7) is 1.48. The molecule has 0 aliphatic carbocycles. The van der Waals surface area contributed by atoms with Gasteiger partial charge in [0, 0.05) is 19.6 Å². The highest BCUT2D eigenvalue weighted by Crippen LogP contribution is 2.29. The molecule has 0 bridgehead atoms. The number of halogens is 2. The molecule has 1 saturated heterocycles. The molecule has 1 aromatic rings. The first-order chi connectivity index (χ1) is 8.18. The summed E-state index contributed by atoms with van der Waals surface area (Å²) in [5.74, 6) is 0.304. The summed E-state index contributed by atoms with van der Waals surface area (Å²) in [5.41, 5.74) is 0.915. The first kappa shape index (κ1) is 13.2. The second-order valence-electron chi connectivity index (χ2n) is 4.43. The second-order valence-corrected chi connectivity index (χ2v) is 5.22. The zero-order chi connectivity index (χ0) is 12.3. The van der Waals surface area contributed by atoms with E-state index in [-0.39, 0.29) is 6.10 Å². The molecule has 0 spiro atoms. The monoisotopic (exact) mass is 274 g/mol. The molecule has 0 aromatic heterocycles. The molecule has 1 N–H and O–H groups in total. The van der Waals surface area contributed by atoms with E-state index in [1.807, 2.05) is 12.1 Å². The van der Waals surface area contributed by atoms with Crippen molar-refractivity contribution in [2.45, 2.75) is 25.4 Å². The largest absolute Gasteiger partial charge is 0.392 e. The van der Waals surface area contributed by atoms with Crippen LogP contribution in [0.15, 0.2) is 18.2 Å². The molecule has 0 amide bonds. The summed E-state index contributed by atoms with van der Waals surface area (Å²) < 4.78 is 5.28. The lowest BCUT2D eigenvalue weighted by molar-refractivity contribution is 0.00840. The van der Waals surface area contributed by atoms with Crippen molar-refractivity contribution in [3.8, 4) is 0 Å². The molecule has 1 heterocycles. The van der Waals surface area contributed by atoms with Crippen molar-refractivity contribution in [1.82, 2.24) is 0 Å². The van der Waals surface area contributed by atoms with Crippen LogP contribution in [0.3, 0.4) is 0 Å². The van der Waals surface area contributed by atoms with Crippen LogP contribution in [0, 0.1) is 5.92 Å². The summed E-state index contributed by atoms with van der Waals surface area (Å²) in [7, 11) is 0. The van der Waals surface area contributed by atoms with Gasteiger partial charge in [-0.25, -0.2) is 0 Å². The number of rotatable bonds is 3. The first-order valence-corrected chi connectivity index (χ1v) is 6.63. The Bertz CT molecular complexity index is 376. The van der Waals surface area contributed by atoms with Gasteiger partial charge in [-0.1, -0.05) is 35.3 Å². The Kier molecular flexibility index (Phi) is 4.69. The van der Waals surface area contributed by atoms with Crippen molar-refractivity contribution < 1.29 is 9.84 Å². The van der Waals surface area contributed by atoms with Gasteiger partial charge in [-0.05, 0) is 30.4 Å². The van der Waals surface area contributed by atoms with Gasteiger partial charge in [-0.15, -0.1) is 0 Å². The fourth-order valence-corrected chi connectivity index (χ4v) is 2.60. The van der Waals surface area contributed by atoms with E-state index in [4.69, 9.17) is 27.9 Å². The zero-order valence-corrected chi connectivity index (χ0v) is 11.0. The minimum absolute atomic E-state index is 0.304. The van der Waals surface area contributed by atoms with E-state index in [2.05, 4.69) is 0 Å². The molecule has 1 atom stereocenters. The lowest BCUT2D eigenvalue weighted by atomic mass is 9.90. The van der Waals surface area contributed by atoms with Crippen LogP contribution in [-0.4, -0.2) is 24.4 Å². The number of benzene rings is 1. The van der Waals surface area contributed by atoms with Gasteiger partial charge in [0.05, 0.1) is 16.1 Å². The maximum absolute atomic E-state index is 10.2. The number of aliphatic hydroxyl groups is 1. The van der Waals surface area contributed by atoms with Crippen molar-refractivity contribution >= 4 is 23.2 Å². The van der Waals surface area contributed by atoms with Crippen molar-refractivity contribution in [2.75, 3.05) is 13.2 Å². The van der Waals surface area contributed by atoms with E-state index < -0.39 is 0 Å². The predicted octanol–water partition coefficient (Wildman–Crippen LogP) is 3.32. The highest BCUT2D eigenvalue weighted by atomic mass is 35.5. The van der Waals surface area contributed by atoms with E-state index in [9.17, 15) is 5.11 Å². The Morgan fingerprint density at radius 1 is 1.29 bits per heavy atom. The fourth-order valence-electron chi connectivity index (χ4n) is 2.20. The maximum atomic E-state index is 10.2. The summed E-state index contributed by atoms with van der Waals surface area (Å²) in [5, 5.41) is 11.3. The maximum Gasteiger partial charge on any atom is 0.0625 e. The summed E-state index contributed by atoms with van der Waals surface area (Å²) in [4.78, 5) is 0. The van der Waals surface area contributed by atoms with Gasteiger partial charge >= 0.3 is 0 Å². The standard InChI is InChI=1S/C13H16Cl2O2/c14-11-3-1-2-10(13(11)15)8-12(16)9-4-6-17-7-5-9/h1-3,9,12,16H,4-8H2. The van der Waals surface area contributed by atoms with Crippen molar-refractivity contribution in [3.05, 3.63) is 33.8 Å². The van der Waals surface area contributed by atoms with Crippen LogP contribution in [0.25, 0.3) is 0 Å². The molecule has 2 nitrogen and oxygen atoms in total. The van der Waals surface area contributed by atoms with E-state index in [0.29, 0.717) is 22.4 Å².